The molecule has 1 aromatic heterocycles. The summed E-state index contributed by atoms with van der Waals surface area (Å²) in [5, 5.41) is 5.14. The van der Waals surface area contributed by atoms with Crippen LogP contribution in [0.3, 0.4) is 0 Å². The van der Waals surface area contributed by atoms with Crippen LogP contribution < -0.4 is 5.32 Å². The highest BCUT2D eigenvalue weighted by molar-refractivity contribution is 7.10. The average molecular weight is 221 g/mol. The Morgan fingerprint density at radius 3 is 2.73 bits per heavy atom. The fourth-order valence-corrected chi connectivity index (χ4v) is 2.21. The molecule has 1 aromatic carbocycles. The lowest BCUT2D eigenvalue weighted by atomic mass is 10.2. The van der Waals surface area contributed by atoms with E-state index in [1.54, 1.807) is 23.5 Å². The molecule has 0 unspecified atom stereocenters. The van der Waals surface area contributed by atoms with Gasteiger partial charge in [-0.1, -0.05) is 12.1 Å². The van der Waals surface area contributed by atoms with Gasteiger partial charge < -0.3 is 5.32 Å². The molecule has 1 heterocycles. The maximum absolute atomic E-state index is 13.3. The first-order valence-electron chi connectivity index (χ1n) is 4.79. The zero-order valence-corrected chi connectivity index (χ0v) is 9.27. The molecule has 0 aliphatic rings. The zero-order valence-electron chi connectivity index (χ0n) is 8.46. The number of benzene rings is 1. The summed E-state index contributed by atoms with van der Waals surface area (Å²) in [5.74, 6) is -0.202. The van der Waals surface area contributed by atoms with Crippen molar-refractivity contribution in [3.63, 3.8) is 0 Å². The van der Waals surface area contributed by atoms with Crippen molar-refractivity contribution in [2.45, 2.75) is 13.5 Å². The van der Waals surface area contributed by atoms with Crippen molar-refractivity contribution >= 4 is 17.0 Å². The highest BCUT2D eigenvalue weighted by atomic mass is 32.1. The van der Waals surface area contributed by atoms with Gasteiger partial charge in [0.25, 0.3) is 0 Å². The van der Waals surface area contributed by atoms with E-state index in [2.05, 4.69) is 18.3 Å². The summed E-state index contributed by atoms with van der Waals surface area (Å²) in [5.41, 5.74) is 1.81. The molecular formula is C12H12FNS. The molecule has 0 radical (unpaired) electrons. The Kier molecular flexibility index (Phi) is 3.02. The Morgan fingerprint density at radius 2 is 2.07 bits per heavy atom. The topological polar surface area (TPSA) is 12.0 Å². The third-order valence-electron chi connectivity index (χ3n) is 2.28. The number of para-hydroxylation sites is 1. The number of halogens is 1. The van der Waals surface area contributed by atoms with Crippen LogP contribution in [-0.2, 0) is 6.54 Å². The van der Waals surface area contributed by atoms with Gasteiger partial charge in [-0.2, -0.15) is 0 Å². The number of hydrogen-bond donors (Lipinski definition) is 1. The molecule has 0 saturated carbocycles. The van der Waals surface area contributed by atoms with E-state index in [9.17, 15) is 4.39 Å². The van der Waals surface area contributed by atoms with Crippen LogP contribution in [0.15, 0.2) is 35.7 Å². The SMILES string of the molecule is Cc1ccsc1CNc1ccccc1F. The molecule has 15 heavy (non-hydrogen) atoms. The van der Waals surface area contributed by atoms with E-state index in [-0.39, 0.29) is 5.82 Å². The van der Waals surface area contributed by atoms with Crippen molar-refractivity contribution in [1.82, 2.24) is 0 Å². The maximum Gasteiger partial charge on any atom is 0.146 e. The van der Waals surface area contributed by atoms with Gasteiger partial charge in [0, 0.05) is 11.4 Å². The lowest BCUT2D eigenvalue weighted by Crippen LogP contribution is -2.00. The van der Waals surface area contributed by atoms with Crippen LogP contribution in [-0.4, -0.2) is 0 Å². The predicted molar refractivity (Wildman–Crippen MR) is 62.8 cm³/mol. The van der Waals surface area contributed by atoms with E-state index in [1.807, 2.05) is 11.4 Å². The molecule has 3 heteroatoms. The minimum Gasteiger partial charge on any atom is -0.378 e. The van der Waals surface area contributed by atoms with E-state index in [0.29, 0.717) is 12.2 Å². The van der Waals surface area contributed by atoms with Gasteiger partial charge in [0.1, 0.15) is 5.82 Å². The number of aryl methyl sites for hydroxylation is 1. The van der Waals surface area contributed by atoms with Crippen molar-refractivity contribution in [2.24, 2.45) is 0 Å². The summed E-state index contributed by atoms with van der Waals surface area (Å²) in [4.78, 5) is 1.25. The van der Waals surface area contributed by atoms with Crippen LogP contribution in [0.5, 0.6) is 0 Å². The second kappa shape index (κ2) is 4.45. The molecule has 1 N–H and O–H groups in total. The van der Waals surface area contributed by atoms with Gasteiger partial charge in [-0.05, 0) is 36.1 Å². The third-order valence-corrected chi connectivity index (χ3v) is 3.30. The maximum atomic E-state index is 13.3. The third kappa shape index (κ3) is 2.36. The minimum atomic E-state index is -0.202. The summed E-state index contributed by atoms with van der Waals surface area (Å²) in [6.45, 7) is 2.75. The van der Waals surface area contributed by atoms with Crippen LogP contribution in [0.4, 0.5) is 10.1 Å². The lowest BCUT2D eigenvalue weighted by molar-refractivity contribution is 0.630. The monoisotopic (exact) mass is 221 g/mol. The van der Waals surface area contributed by atoms with E-state index in [4.69, 9.17) is 0 Å². The van der Waals surface area contributed by atoms with Crippen LogP contribution in [0, 0.1) is 12.7 Å². The largest absolute Gasteiger partial charge is 0.378 e. The fraction of sp³-hybridized carbons (Fsp3) is 0.167. The lowest BCUT2D eigenvalue weighted by Gasteiger charge is -2.06. The molecule has 0 bridgehead atoms. The van der Waals surface area contributed by atoms with Crippen LogP contribution in [0.25, 0.3) is 0 Å². The van der Waals surface area contributed by atoms with Gasteiger partial charge in [-0.15, -0.1) is 11.3 Å². The zero-order chi connectivity index (χ0) is 10.7. The summed E-state index contributed by atoms with van der Waals surface area (Å²) in [7, 11) is 0. The Morgan fingerprint density at radius 1 is 1.27 bits per heavy atom. The van der Waals surface area contributed by atoms with E-state index in [0.717, 1.165) is 0 Å². The van der Waals surface area contributed by atoms with Crippen molar-refractivity contribution in [3.8, 4) is 0 Å². The number of rotatable bonds is 3. The van der Waals surface area contributed by atoms with Crippen molar-refractivity contribution < 1.29 is 4.39 Å². The summed E-state index contributed by atoms with van der Waals surface area (Å²) in [6.07, 6.45) is 0. The Labute approximate surface area is 92.6 Å². The summed E-state index contributed by atoms with van der Waals surface area (Å²) in [6, 6.07) is 8.80. The summed E-state index contributed by atoms with van der Waals surface area (Å²) >= 11 is 1.69. The van der Waals surface area contributed by atoms with E-state index in [1.165, 1.54) is 16.5 Å². The number of hydrogen-bond acceptors (Lipinski definition) is 2. The fourth-order valence-electron chi connectivity index (χ4n) is 1.37. The number of anilines is 1. The molecule has 1 nitrogen and oxygen atoms in total. The van der Waals surface area contributed by atoms with Crippen molar-refractivity contribution in [2.75, 3.05) is 5.32 Å². The molecule has 0 fully saturated rings. The molecule has 0 spiro atoms. The first kappa shape index (κ1) is 10.2. The molecule has 0 saturated heterocycles. The van der Waals surface area contributed by atoms with Crippen LogP contribution in [0.2, 0.25) is 0 Å². The highest BCUT2D eigenvalue weighted by Crippen LogP contribution is 2.19. The minimum absolute atomic E-state index is 0.202. The Hall–Kier alpha value is -1.35. The highest BCUT2D eigenvalue weighted by Gasteiger charge is 2.02. The van der Waals surface area contributed by atoms with Crippen LogP contribution in [0.1, 0.15) is 10.4 Å². The van der Waals surface area contributed by atoms with E-state index < -0.39 is 0 Å². The smallest absolute Gasteiger partial charge is 0.146 e. The first-order chi connectivity index (χ1) is 7.27. The number of nitrogens with one attached hydrogen (secondary N) is 1. The molecule has 0 aliphatic carbocycles. The van der Waals surface area contributed by atoms with E-state index >= 15 is 0 Å². The molecule has 0 aliphatic heterocycles. The van der Waals surface area contributed by atoms with Crippen molar-refractivity contribution in [3.05, 3.63) is 52.0 Å². The van der Waals surface area contributed by atoms with Crippen LogP contribution >= 0.6 is 11.3 Å². The Balaban J connectivity index is 2.06. The van der Waals surface area contributed by atoms with Crippen molar-refractivity contribution in [1.29, 1.82) is 0 Å². The number of thiophene rings is 1. The van der Waals surface area contributed by atoms with Gasteiger partial charge >= 0.3 is 0 Å². The molecule has 0 amide bonds. The molecular weight excluding hydrogens is 209 g/mol. The average Bonchev–Trinajstić information content (AvgIpc) is 2.63. The van der Waals surface area contributed by atoms with Gasteiger partial charge in [-0.3, -0.25) is 0 Å². The molecule has 0 atom stereocenters. The second-order valence-corrected chi connectivity index (χ2v) is 4.36. The Bertz CT molecular complexity index is 450. The molecule has 2 aromatic rings. The quantitative estimate of drug-likeness (QED) is 0.831. The van der Waals surface area contributed by atoms with Gasteiger partial charge in [0.05, 0.1) is 5.69 Å². The molecule has 78 valence electrons. The van der Waals surface area contributed by atoms with Gasteiger partial charge in [-0.25, -0.2) is 4.39 Å². The predicted octanol–water partition coefficient (Wildman–Crippen LogP) is 3.81. The van der Waals surface area contributed by atoms with Gasteiger partial charge in [0.2, 0.25) is 0 Å². The normalized spacial score (nSPS) is 10.3. The summed E-state index contributed by atoms with van der Waals surface area (Å²) < 4.78 is 13.3. The van der Waals surface area contributed by atoms with Gasteiger partial charge in [0.15, 0.2) is 0 Å². The standard InChI is InChI=1S/C12H12FNS/c1-9-6-7-15-12(9)8-14-11-5-3-2-4-10(11)13/h2-7,14H,8H2,1H3. The first-order valence-corrected chi connectivity index (χ1v) is 5.66. The molecule has 2 rings (SSSR count). The second-order valence-electron chi connectivity index (χ2n) is 3.36.